The molecule has 0 saturated carbocycles. The molecule has 4 heteroatoms. The van der Waals surface area contributed by atoms with Crippen LogP contribution >= 0.6 is 0 Å². The minimum Gasteiger partial charge on any atom is -0.251 e. The third-order valence-electron chi connectivity index (χ3n) is 1.15. The van der Waals surface area contributed by atoms with Crippen molar-refractivity contribution in [3.8, 4) is 0 Å². The van der Waals surface area contributed by atoms with Gasteiger partial charge in [-0.25, -0.2) is 0 Å². The molecule has 0 radical (unpaired) electrons. The standard InChI is InChI=1S/C8H18.C2H2O4/c1-7(2)6-8(3,4)5;3-1-5-6-2-4/h7H,6H2,1-5H3;1-2H. The fourth-order valence-corrected chi connectivity index (χ4v) is 1.27. The molecule has 0 fully saturated rings. The molecule has 4 nitrogen and oxygen atoms in total. The Morgan fingerprint density at radius 1 is 1.07 bits per heavy atom. The van der Waals surface area contributed by atoms with Gasteiger partial charge in [0.1, 0.15) is 0 Å². The summed E-state index contributed by atoms with van der Waals surface area (Å²) < 4.78 is 0. The highest BCUT2D eigenvalue weighted by atomic mass is 17.2. The number of carbonyl (C=O) groups is 2. The van der Waals surface area contributed by atoms with Crippen LogP contribution in [0.1, 0.15) is 41.0 Å². The lowest BCUT2D eigenvalue weighted by atomic mass is 9.86. The maximum absolute atomic E-state index is 9.06. The Hall–Kier alpha value is -1.06. The Kier molecular flexibility index (Phi) is 9.40. The first-order chi connectivity index (χ1) is 6.33. The van der Waals surface area contributed by atoms with Gasteiger partial charge in [0, 0.05) is 0 Å². The molecule has 0 amide bonds. The smallest absolute Gasteiger partial charge is 0.251 e. The Morgan fingerprint density at radius 2 is 1.43 bits per heavy atom. The van der Waals surface area contributed by atoms with Gasteiger partial charge in [0.25, 0.3) is 0 Å². The van der Waals surface area contributed by atoms with E-state index in [4.69, 9.17) is 9.59 Å². The largest absolute Gasteiger partial charge is 0.344 e. The first kappa shape index (κ1) is 15.4. The normalized spacial score (nSPS) is 9.86. The molecule has 0 rings (SSSR count). The second-order valence-electron chi connectivity index (χ2n) is 4.54. The van der Waals surface area contributed by atoms with Crippen LogP contribution in [0.5, 0.6) is 0 Å². The van der Waals surface area contributed by atoms with Crippen molar-refractivity contribution in [3.63, 3.8) is 0 Å². The van der Waals surface area contributed by atoms with Crippen molar-refractivity contribution in [2.75, 3.05) is 0 Å². The van der Waals surface area contributed by atoms with E-state index in [1.165, 1.54) is 6.42 Å². The van der Waals surface area contributed by atoms with Crippen LogP contribution in [0.3, 0.4) is 0 Å². The van der Waals surface area contributed by atoms with Gasteiger partial charge in [0.15, 0.2) is 0 Å². The maximum Gasteiger partial charge on any atom is 0.344 e. The summed E-state index contributed by atoms with van der Waals surface area (Å²) >= 11 is 0. The molecule has 0 aliphatic carbocycles. The van der Waals surface area contributed by atoms with Crippen LogP contribution in [0.4, 0.5) is 0 Å². The summed E-state index contributed by atoms with van der Waals surface area (Å²) in [6, 6.07) is 0. The molecule has 0 aromatic heterocycles. The fourth-order valence-electron chi connectivity index (χ4n) is 1.27. The van der Waals surface area contributed by atoms with Crippen molar-refractivity contribution in [1.82, 2.24) is 0 Å². The first-order valence-electron chi connectivity index (χ1n) is 4.53. The Morgan fingerprint density at radius 3 is 1.50 bits per heavy atom. The first-order valence-corrected chi connectivity index (χ1v) is 4.53. The third-order valence-corrected chi connectivity index (χ3v) is 1.15. The fraction of sp³-hybridized carbons (Fsp3) is 0.800. The van der Waals surface area contributed by atoms with Gasteiger partial charge in [0.05, 0.1) is 0 Å². The summed E-state index contributed by atoms with van der Waals surface area (Å²) in [5, 5.41) is 0. The van der Waals surface area contributed by atoms with Gasteiger partial charge in [-0.3, -0.25) is 19.4 Å². The summed E-state index contributed by atoms with van der Waals surface area (Å²) in [6.07, 6.45) is 1.33. The molecule has 0 heterocycles. The average molecular weight is 204 g/mol. The zero-order chi connectivity index (χ0) is 11.6. The Labute approximate surface area is 85.5 Å². The molecular weight excluding hydrogens is 184 g/mol. The van der Waals surface area contributed by atoms with Crippen LogP contribution in [-0.2, 0) is 19.4 Å². The minimum atomic E-state index is 0.00833. The zero-order valence-electron chi connectivity index (χ0n) is 9.57. The summed E-state index contributed by atoms with van der Waals surface area (Å²) in [5.41, 5.74) is 0.522. The lowest BCUT2D eigenvalue weighted by Gasteiger charge is -2.19. The van der Waals surface area contributed by atoms with Crippen molar-refractivity contribution >= 4 is 12.9 Å². The predicted molar refractivity (Wildman–Crippen MR) is 53.2 cm³/mol. The van der Waals surface area contributed by atoms with E-state index < -0.39 is 0 Å². The molecule has 0 atom stereocenters. The molecule has 0 aliphatic rings. The second-order valence-corrected chi connectivity index (χ2v) is 4.54. The summed E-state index contributed by atoms with van der Waals surface area (Å²) in [7, 11) is 0. The summed E-state index contributed by atoms with van der Waals surface area (Å²) in [6.45, 7) is 11.4. The molecule has 0 N–H and O–H groups in total. The van der Waals surface area contributed by atoms with E-state index in [0.717, 1.165) is 5.92 Å². The molecule has 84 valence electrons. The lowest BCUT2D eigenvalue weighted by Crippen LogP contribution is -2.08. The van der Waals surface area contributed by atoms with Crippen molar-refractivity contribution in [3.05, 3.63) is 0 Å². The molecule has 0 aliphatic heterocycles. The highest BCUT2D eigenvalue weighted by molar-refractivity contribution is 5.40. The molecular formula is C10H20O4. The Balaban J connectivity index is 0. The Bertz CT molecular complexity index is 139. The third kappa shape index (κ3) is 22.4. The van der Waals surface area contributed by atoms with E-state index in [1.807, 2.05) is 0 Å². The lowest BCUT2D eigenvalue weighted by molar-refractivity contribution is -0.235. The van der Waals surface area contributed by atoms with Crippen LogP contribution in [0.25, 0.3) is 0 Å². The van der Waals surface area contributed by atoms with E-state index in [0.29, 0.717) is 5.41 Å². The number of rotatable bonds is 4. The van der Waals surface area contributed by atoms with Crippen molar-refractivity contribution in [2.24, 2.45) is 11.3 Å². The highest BCUT2D eigenvalue weighted by Crippen LogP contribution is 2.23. The van der Waals surface area contributed by atoms with E-state index >= 15 is 0 Å². The van der Waals surface area contributed by atoms with Crippen LogP contribution in [0.2, 0.25) is 0 Å². The molecule has 14 heavy (non-hydrogen) atoms. The van der Waals surface area contributed by atoms with Crippen LogP contribution in [0.15, 0.2) is 0 Å². The number of carbonyl (C=O) groups excluding carboxylic acids is 2. The SMILES string of the molecule is CC(C)CC(C)(C)C.O=COOC=O. The second kappa shape index (κ2) is 8.53. The van der Waals surface area contributed by atoms with E-state index in [2.05, 4.69) is 44.4 Å². The molecule has 0 aromatic carbocycles. The van der Waals surface area contributed by atoms with Crippen LogP contribution in [0, 0.1) is 11.3 Å². The monoisotopic (exact) mass is 204 g/mol. The van der Waals surface area contributed by atoms with Gasteiger partial charge < -0.3 is 0 Å². The van der Waals surface area contributed by atoms with Crippen molar-refractivity contribution in [1.29, 1.82) is 0 Å². The van der Waals surface area contributed by atoms with Crippen LogP contribution in [-0.4, -0.2) is 12.9 Å². The number of hydrogen-bond donors (Lipinski definition) is 0. The molecule has 0 aromatic rings. The highest BCUT2D eigenvalue weighted by Gasteiger charge is 2.11. The van der Waals surface area contributed by atoms with Gasteiger partial charge in [-0.2, -0.15) is 0 Å². The number of hydrogen-bond acceptors (Lipinski definition) is 4. The average Bonchev–Trinajstić information content (AvgIpc) is 1.97. The van der Waals surface area contributed by atoms with Gasteiger partial charge >= 0.3 is 12.9 Å². The van der Waals surface area contributed by atoms with Crippen LogP contribution < -0.4 is 0 Å². The maximum atomic E-state index is 9.06. The van der Waals surface area contributed by atoms with Crippen molar-refractivity contribution in [2.45, 2.75) is 41.0 Å². The van der Waals surface area contributed by atoms with Gasteiger partial charge in [0.2, 0.25) is 0 Å². The quantitative estimate of drug-likeness (QED) is 0.305. The predicted octanol–water partition coefficient (Wildman–Crippen LogP) is 2.33. The van der Waals surface area contributed by atoms with E-state index in [-0.39, 0.29) is 12.9 Å². The summed E-state index contributed by atoms with van der Waals surface area (Å²) in [4.78, 5) is 25.0. The molecule has 0 saturated heterocycles. The minimum absolute atomic E-state index is 0.00833. The van der Waals surface area contributed by atoms with E-state index in [1.54, 1.807) is 0 Å². The van der Waals surface area contributed by atoms with Gasteiger partial charge in [-0.05, 0) is 17.8 Å². The molecule has 0 spiro atoms. The summed E-state index contributed by atoms with van der Waals surface area (Å²) in [5.74, 6) is 0.843. The van der Waals surface area contributed by atoms with Gasteiger partial charge in [-0.15, -0.1) is 0 Å². The molecule has 0 unspecified atom stereocenters. The molecule has 0 bridgehead atoms. The van der Waals surface area contributed by atoms with E-state index in [9.17, 15) is 0 Å². The van der Waals surface area contributed by atoms with Gasteiger partial charge in [-0.1, -0.05) is 34.6 Å². The van der Waals surface area contributed by atoms with Crippen molar-refractivity contribution < 1.29 is 19.4 Å². The topological polar surface area (TPSA) is 52.6 Å². The zero-order valence-corrected chi connectivity index (χ0v) is 9.57.